The van der Waals surface area contributed by atoms with Gasteiger partial charge in [-0.25, -0.2) is 0 Å². The van der Waals surface area contributed by atoms with Crippen molar-refractivity contribution < 1.29 is 14.3 Å². The molecule has 0 N–H and O–H groups in total. The second-order valence-corrected chi connectivity index (χ2v) is 6.97. The lowest BCUT2D eigenvalue weighted by atomic mass is 10.2. The predicted molar refractivity (Wildman–Crippen MR) is 88.0 cm³/mol. The van der Waals surface area contributed by atoms with Gasteiger partial charge in [0.25, 0.3) is 0 Å². The Labute approximate surface area is 133 Å². The van der Waals surface area contributed by atoms with E-state index < -0.39 is 0 Å². The molecule has 1 atom stereocenters. The average molecular weight is 325 g/mol. The third kappa shape index (κ3) is 4.17. The highest BCUT2D eigenvalue weighted by Gasteiger charge is 2.23. The number of para-hydroxylation sites is 1. The van der Waals surface area contributed by atoms with Crippen LogP contribution in [0.3, 0.4) is 0 Å². The largest absolute Gasteiger partial charge is 0.469 e. The Morgan fingerprint density at radius 1 is 1.43 bits per heavy atom. The number of rotatable bonds is 5. The number of nitrogens with zero attached hydrogens (tertiary/aromatic N) is 1. The molecule has 21 heavy (non-hydrogen) atoms. The molecule has 2 rings (SSSR count). The molecule has 6 heteroatoms. The van der Waals surface area contributed by atoms with Crippen LogP contribution in [0, 0.1) is 5.92 Å². The van der Waals surface area contributed by atoms with Crippen LogP contribution in [-0.2, 0) is 14.3 Å². The normalized spacial score (nSPS) is 15.2. The van der Waals surface area contributed by atoms with E-state index in [1.807, 2.05) is 36.1 Å². The SMILES string of the molecule is COC(=O)C(C)CSCC(=O)N1CCSc2ccccc21. The predicted octanol–water partition coefficient (Wildman–Crippen LogP) is 2.67. The molecule has 1 aliphatic rings. The van der Waals surface area contributed by atoms with Gasteiger partial charge < -0.3 is 9.64 Å². The molecule has 1 aromatic carbocycles. The summed E-state index contributed by atoms with van der Waals surface area (Å²) in [5.41, 5.74) is 1.00. The molecule has 0 radical (unpaired) electrons. The summed E-state index contributed by atoms with van der Waals surface area (Å²) in [6, 6.07) is 7.98. The summed E-state index contributed by atoms with van der Waals surface area (Å²) in [4.78, 5) is 26.7. The highest BCUT2D eigenvalue weighted by molar-refractivity contribution is 8.00. The summed E-state index contributed by atoms with van der Waals surface area (Å²) in [6.07, 6.45) is 0. The van der Waals surface area contributed by atoms with Crippen molar-refractivity contribution in [2.45, 2.75) is 11.8 Å². The molecule has 1 unspecified atom stereocenters. The van der Waals surface area contributed by atoms with Gasteiger partial charge in [-0.3, -0.25) is 9.59 Å². The fourth-order valence-corrected chi connectivity index (χ4v) is 4.03. The smallest absolute Gasteiger partial charge is 0.309 e. The molecule has 1 heterocycles. The average Bonchev–Trinajstić information content (AvgIpc) is 2.53. The van der Waals surface area contributed by atoms with Gasteiger partial charge >= 0.3 is 5.97 Å². The van der Waals surface area contributed by atoms with Crippen molar-refractivity contribution in [2.75, 3.05) is 35.8 Å². The van der Waals surface area contributed by atoms with E-state index in [-0.39, 0.29) is 17.8 Å². The zero-order valence-corrected chi connectivity index (χ0v) is 13.8. The Kier molecular flexibility index (Phi) is 5.99. The summed E-state index contributed by atoms with van der Waals surface area (Å²) < 4.78 is 4.68. The van der Waals surface area contributed by atoms with E-state index in [9.17, 15) is 9.59 Å². The first kappa shape index (κ1) is 16.2. The van der Waals surface area contributed by atoms with Crippen LogP contribution in [0.25, 0.3) is 0 Å². The standard InChI is InChI=1S/C15H19NO3S2/c1-11(15(18)19-2)9-20-10-14(17)16-7-8-21-13-6-4-3-5-12(13)16/h3-6,11H,7-10H2,1-2H3. The maximum absolute atomic E-state index is 12.4. The number of ether oxygens (including phenoxy) is 1. The summed E-state index contributed by atoms with van der Waals surface area (Å²) in [7, 11) is 1.39. The maximum Gasteiger partial charge on any atom is 0.309 e. The van der Waals surface area contributed by atoms with Crippen molar-refractivity contribution in [1.29, 1.82) is 0 Å². The molecular formula is C15H19NO3S2. The number of methoxy groups -OCH3 is 1. The third-order valence-electron chi connectivity index (χ3n) is 3.23. The van der Waals surface area contributed by atoms with Crippen LogP contribution in [0.2, 0.25) is 0 Å². The van der Waals surface area contributed by atoms with Gasteiger partial charge in [-0.2, -0.15) is 11.8 Å². The van der Waals surface area contributed by atoms with Crippen molar-refractivity contribution >= 4 is 41.1 Å². The fourth-order valence-electron chi connectivity index (χ4n) is 2.10. The van der Waals surface area contributed by atoms with Gasteiger partial charge in [-0.1, -0.05) is 19.1 Å². The zero-order chi connectivity index (χ0) is 15.2. The number of benzene rings is 1. The van der Waals surface area contributed by atoms with Crippen molar-refractivity contribution in [2.24, 2.45) is 5.92 Å². The van der Waals surface area contributed by atoms with Crippen molar-refractivity contribution in [1.82, 2.24) is 0 Å². The molecule has 0 saturated heterocycles. The second kappa shape index (κ2) is 7.75. The number of fused-ring (bicyclic) bond motifs is 1. The number of thioether (sulfide) groups is 2. The monoisotopic (exact) mass is 325 g/mol. The first-order valence-electron chi connectivity index (χ1n) is 6.81. The third-order valence-corrected chi connectivity index (χ3v) is 5.46. The van der Waals surface area contributed by atoms with Crippen LogP contribution in [0.1, 0.15) is 6.92 Å². The molecule has 114 valence electrons. The lowest BCUT2D eigenvalue weighted by molar-refractivity contribution is -0.144. The van der Waals surface area contributed by atoms with Crippen LogP contribution in [0.5, 0.6) is 0 Å². The van der Waals surface area contributed by atoms with Gasteiger partial charge in [0, 0.05) is 22.9 Å². The van der Waals surface area contributed by atoms with Gasteiger partial charge in [0.05, 0.1) is 24.5 Å². The van der Waals surface area contributed by atoms with Gasteiger partial charge in [-0.05, 0) is 12.1 Å². The van der Waals surface area contributed by atoms with E-state index in [4.69, 9.17) is 0 Å². The van der Waals surface area contributed by atoms with E-state index in [0.717, 1.165) is 22.9 Å². The van der Waals surface area contributed by atoms with Gasteiger partial charge in [0.1, 0.15) is 0 Å². The van der Waals surface area contributed by atoms with Gasteiger partial charge in [-0.15, -0.1) is 11.8 Å². The lowest BCUT2D eigenvalue weighted by Crippen LogP contribution is -2.36. The summed E-state index contributed by atoms with van der Waals surface area (Å²) in [6.45, 7) is 2.56. The number of carbonyl (C=O) groups is 2. The minimum absolute atomic E-state index is 0.102. The van der Waals surface area contributed by atoms with Gasteiger partial charge in [0.15, 0.2) is 0 Å². The van der Waals surface area contributed by atoms with E-state index >= 15 is 0 Å². The second-order valence-electron chi connectivity index (χ2n) is 4.80. The Bertz CT molecular complexity index is 521. The highest BCUT2D eigenvalue weighted by atomic mass is 32.2. The molecular weight excluding hydrogens is 306 g/mol. The summed E-state index contributed by atoms with van der Waals surface area (Å²) in [5.74, 6) is 1.60. The van der Waals surface area contributed by atoms with Crippen molar-refractivity contribution in [3.63, 3.8) is 0 Å². The van der Waals surface area contributed by atoms with Crippen LogP contribution >= 0.6 is 23.5 Å². The quantitative estimate of drug-likeness (QED) is 0.779. The Balaban J connectivity index is 1.89. The number of anilines is 1. The fraction of sp³-hybridized carbons (Fsp3) is 0.467. The Morgan fingerprint density at radius 3 is 2.95 bits per heavy atom. The molecule has 0 saturated carbocycles. The van der Waals surface area contributed by atoms with E-state index in [2.05, 4.69) is 4.74 Å². The molecule has 0 aromatic heterocycles. The summed E-state index contributed by atoms with van der Waals surface area (Å²) in [5, 5.41) is 0. The number of carbonyl (C=O) groups excluding carboxylic acids is 2. The zero-order valence-electron chi connectivity index (χ0n) is 12.2. The molecule has 0 bridgehead atoms. The highest BCUT2D eigenvalue weighted by Crippen LogP contribution is 2.34. The number of amides is 1. The first-order valence-corrected chi connectivity index (χ1v) is 8.95. The van der Waals surface area contributed by atoms with Crippen LogP contribution < -0.4 is 4.90 Å². The molecule has 1 amide bonds. The first-order chi connectivity index (χ1) is 10.1. The van der Waals surface area contributed by atoms with Crippen LogP contribution in [-0.4, -0.2) is 42.8 Å². The van der Waals surface area contributed by atoms with E-state index in [1.54, 1.807) is 11.8 Å². The number of esters is 1. The molecule has 0 aliphatic carbocycles. The molecule has 0 spiro atoms. The molecule has 4 nitrogen and oxygen atoms in total. The van der Waals surface area contributed by atoms with E-state index in [1.165, 1.54) is 18.9 Å². The van der Waals surface area contributed by atoms with Crippen molar-refractivity contribution in [3.8, 4) is 0 Å². The molecule has 1 aromatic rings. The minimum Gasteiger partial charge on any atom is -0.469 e. The van der Waals surface area contributed by atoms with Gasteiger partial charge in [0.2, 0.25) is 5.91 Å². The lowest BCUT2D eigenvalue weighted by Gasteiger charge is -2.29. The van der Waals surface area contributed by atoms with Crippen molar-refractivity contribution in [3.05, 3.63) is 24.3 Å². The minimum atomic E-state index is -0.227. The topological polar surface area (TPSA) is 46.6 Å². The Morgan fingerprint density at radius 2 is 2.19 bits per heavy atom. The number of hydrogen-bond acceptors (Lipinski definition) is 5. The van der Waals surface area contributed by atoms with Crippen LogP contribution in [0.4, 0.5) is 5.69 Å². The Hall–Kier alpha value is -1.14. The van der Waals surface area contributed by atoms with Crippen LogP contribution in [0.15, 0.2) is 29.2 Å². The molecule has 0 fully saturated rings. The van der Waals surface area contributed by atoms with E-state index in [0.29, 0.717) is 11.5 Å². The maximum atomic E-state index is 12.4. The number of hydrogen-bond donors (Lipinski definition) is 0. The summed E-state index contributed by atoms with van der Waals surface area (Å²) >= 11 is 3.27. The molecule has 1 aliphatic heterocycles.